The molecule has 7 atom stereocenters. The zero-order chi connectivity index (χ0) is 35.7. The van der Waals surface area contributed by atoms with E-state index < -0.39 is 46.0 Å². The van der Waals surface area contributed by atoms with E-state index in [4.69, 9.17) is 16.6 Å². The fourth-order valence-corrected chi connectivity index (χ4v) is 11.1. The quantitative estimate of drug-likeness (QED) is 0.214. The first-order chi connectivity index (χ1) is 22.9. The lowest BCUT2D eigenvalue weighted by molar-refractivity contribution is -0.171. The van der Waals surface area contributed by atoms with Gasteiger partial charge in [-0.2, -0.15) is 0 Å². The third-order valence-electron chi connectivity index (χ3n) is 14.3. The summed E-state index contributed by atoms with van der Waals surface area (Å²) in [5.41, 5.74) is 15.7. The van der Waals surface area contributed by atoms with Crippen LogP contribution in [0.1, 0.15) is 115 Å². The van der Waals surface area contributed by atoms with Crippen molar-refractivity contribution in [3.63, 3.8) is 0 Å². The van der Waals surface area contributed by atoms with Crippen LogP contribution in [0.3, 0.4) is 0 Å². The lowest BCUT2D eigenvalue weighted by Crippen LogP contribution is -2.64. The molecule has 0 bridgehead atoms. The lowest BCUT2D eigenvalue weighted by Gasteiger charge is -2.63. The number of amides is 3. The summed E-state index contributed by atoms with van der Waals surface area (Å²) >= 11 is 0. The van der Waals surface area contributed by atoms with Crippen molar-refractivity contribution in [3.05, 3.63) is 58.7 Å². The number of anilines is 2. The van der Waals surface area contributed by atoms with Crippen molar-refractivity contribution < 1.29 is 24.3 Å². The van der Waals surface area contributed by atoms with Crippen molar-refractivity contribution in [1.29, 1.82) is 0 Å². The van der Waals surface area contributed by atoms with E-state index in [1.54, 1.807) is 7.05 Å². The molecule has 4 aliphatic rings. The van der Waals surface area contributed by atoms with Crippen LogP contribution >= 0.6 is 0 Å². The molecule has 9 heteroatoms. The summed E-state index contributed by atoms with van der Waals surface area (Å²) in [5, 5.41) is 11.9. The number of nitrogens with two attached hydrogens (primary N) is 2. The van der Waals surface area contributed by atoms with Crippen LogP contribution in [0.25, 0.3) is 0 Å². The van der Waals surface area contributed by atoms with Gasteiger partial charge in [0.25, 0.3) is 0 Å². The van der Waals surface area contributed by atoms with Gasteiger partial charge in [0.2, 0.25) is 17.7 Å². The number of benzene rings is 2. The van der Waals surface area contributed by atoms with Gasteiger partial charge in [-0.25, -0.2) is 0 Å². The van der Waals surface area contributed by atoms with Crippen LogP contribution in [-0.2, 0) is 42.8 Å². The fourth-order valence-electron chi connectivity index (χ4n) is 11.1. The van der Waals surface area contributed by atoms with Crippen molar-refractivity contribution in [3.8, 4) is 0 Å². The first kappa shape index (κ1) is 35.1. The number of nitrogen functional groups attached to an aromatic ring is 1. The van der Waals surface area contributed by atoms with Crippen LogP contribution in [0.15, 0.2) is 36.4 Å². The summed E-state index contributed by atoms with van der Waals surface area (Å²) in [7, 11) is 1.71. The average Bonchev–Trinajstić information content (AvgIpc) is 3.05. The minimum atomic E-state index is -1.16. The molecule has 2 saturated carbocycles. The summed E-state index contributed by atoms with van der Waals surface area (Å²) in [6.07, 6.45) is 7.97. The van der Waals surface area contributed by atoms with Crippen molar-refractivity contribution in [2.75, 3.05) is 18.1 Å². The molecule has 0 heterocycles. The highest BCUT2D eigenvalue weighted by Crippen LogP contribution is 2.66. The molecule has 0 saturated heterocycles. The fraction of sp³-hybridized carbons (Fsp3) is 0.600. The molecule has 0 aromatic heterocycles. The number of carbonyl (C=O) groups is 4. The van der Waals surface area contributed by atoms with Crippen LogP contribution in [0.2, 0.25) is 0 Å². The molecule has 2 aromatic carbocycles. The number of hydrogen-bond acceptors (Lipinski definition) is 6. The molecule has 9 nitrogen and oxygen atoms in total. The van der Waals surface area contributed by atoms with Gasteiger partial charge in [0.15, 0.2) is 0 Å². The highest BCUT2D eigenvalue weighted by molar-refractivity contribution is 6.01. The topological polar surface area (TPSA) is 156 Å². The third-order valence-corrected chi connectivity index (χ3v) is 14.3. The van der Waals surface area contributed by atoms with Crippen molar-refractivity contribution in [2.45, 2.75) is 122 Å². The standard InChI is InChI=1S/C40H54N4O5/c1-36-16-7-17-37(2,31(36)14-11-24-9-12-26(41)21-28(24)36)34(48)44(6)35(49)39(4)19-8-18-38(3)29-22-27(43-33(47)30(42)23-32(45)46)13-10-25(29)15-20-40(38,39)5/h9-10,12-13,21-22,30-31H,7-8,11,14-20,23,41-42H2,1-6H3,(H,43,47)(H,45,46)/t30-,31+,36+,37-,38+,39+,40+/m0/s1. The number of carbonyl (C=O) groups excluding carboxylic acids is 3. The van der Waals surface area contributed by atoms with E-state index in [2.05, 4.69) is 52.1 Å². The number of aliphatic carboxylic acids is 1. The van der Waals surface area contributed by atoms with Gasteiger partial charge in [-0.05, 0) is 120 Å². The SMILES string of the molecule is CN(C(=O)[C@@]1(C)CCC[C@]2(C)c3cc(N)ccc3CC[C@@H]12)C(=O)[C@@]1(C)CCC[C@]2(C)c3cc(NC(=O)[C@@H](N)CC(=O)O)ccc3CC[C@@]12C. The van der Waals surface area contributed by atoms with E-state index in [1.165, 1.54) is 21.6 Å². The Hall–Kier alpha value is -3.72. The van der Waals surface area contributed by atoms with Gasteiger partial charge in [0.1, 0.15) is 0 Å². The van der Waals surface area contributed by atoms with Gasteiger partial charge in [-0.1, -0.05) is 59.6 Å². The highest BCUT2D eigenvalue weighted by Gasteiger charge is 2.65. The average molecular weight is 671 g/mol. The van der Waals surface area contributed by atoms with E-state index >= 15 is 0 Å². The first-order valence-corrected chi connectivity index (χ1v) is 18.0. The predicted octanol–water partition coefficient (Wildman–Crippen LogP) is 6.11. The van der Waals surface area contributed by atoms with Gasteiger partial charge >= 0.3 is 5.97 Å². The zero-order valence-electron chi connectivity index (χ0n) is 30.1. The molecule has 4 aliphatic carbocycles. The molecule has 0 unspecified atom stereocenters. The molecule has 6 rings (SSSR count). The molecule has 49 heavy (non-hydrogen) atoms. The maximum Gasteiger partial charge on any atom is 0.305 e. The zero-order valence-corrected chi connectivity index (χ0v) is 30.1. The Bertz CT molecular complexity index is 1720. The number of aryl methyl sites for hydroxylation is 2. The Balaban J connectivity index is 1.30. The number of imide groups is 1. The lowest BCUT2D eigenvalue weighted by atomic mass is 9.41. The second-order valence-electron chi connectivity index (χ2n) is 16.8. The molecule has 264 valence electrons. The molecule has 2 aromatic rings. The number of nitrogens with zero attached hydrogens (tertiary/aromatic N) is 1. The van der Waals surface area contributed by atoms with E-state index in [-0.39, 0.29) is 23.1 Å². The molecular weight excluding hydrogens is 616 g/mol. The molecule has 0 spiro atoms. The number of rotatable bonds is 6. The molecule has 0 aliphatic heterocycles. The van der Waals surface area contributed by atoms with Crippen molar-refractivity contribution in [1.82, 2.24) is 4.90 Å². The molecule has 2 fully saturated rings. The van der Waals surface area contributed by atoms with Gasteiger partial charge < -0.3 is 21.9 Å². The van der Waals surface area contributed by atoms with Gasteiger partial charge in [-0.15, -0.1) is 0 Å². The Morgan fingerprint density at radius 3 is 2.27 bits per heavy atom. The molecular formula is C40H54N4O5. The van der Waals surface area contributed by atoms with Gasteiger partial charge in [0.05, 0.1) is 23.3 Å². The summed E-state index contributed by atoms with van der Waals surface area (Å²) in [6.45, 7) is 10.9. The summed E-state index contributed by atoms with van der Waals surface area (Å²) in [4.78, 5) is 55.2. The molecule has 3 amide bonds. The van der Waals surface area contributed by atoms with Gasteiger partial charge in [-0.3, -0.25) is 24.1 Å². The Kier molecular flexibility index (Phi) is 8.57. The summed E-state index contributed by atoms with van der Waals surface area (Å²) < 4.78 is 0. The Morgan fingerprint density at radius 1 is 0.878 bits per heavy atom. The van der Waals surface area contributed by atoms with E-state index in [1.807, 2.05) is 24.3 Å². The Morgan fingerprint density at radius 2 is 1.55 bits per heavy atom. The van der Waals surface area contributed by atoms with Crippen LogP contribution in [0, 0.1) is 22.2 Å². The van der Waals surface area contributed by atoms with E-state index in [0.29, 0.717) is 12.1 Å². The van der Waals surface area contributed by atoms with Crippen molar-refractivity contribution >= 4 is 35.1 Å². The van der Waals surface area contributed by atoms with E-state index in [0.717, 1.165) is 69.0 Å². The van der Waals surface area contributed by atoms with Gasteiger partial charge in [0, 0.05) is 18.4 Å². The number of carboxylic acid groups (broad SMARTS) is 1. The minimum Gasteiger partial charge on any atom is -0.481 e. The smallest absolute Gasteiger partial charge is 0.305 e. The maximum atomic E-state index is 15.0. The molecule has 0 radical (unpaired) electrons. The number of fused-ring (bicyclic) bond motifs is 6. The second-order valence-corrected chi connectivity index (χ2v) is 16.8. The monoisotopic (exact) mass is 670 g/mol. The van der Waals surface area contributed by atoms with E-state index in [9.17, 15) is 19.2 Å². The number of hydrogen-bond donors (Lipinski definition) is 4. The maximum absolute atomic E-state index is 15.0. The van der Waals surface area contributed by atoms with Crippen LogP contribution in [-0.4, -0.2) is 46.8 Å². The summed E-state index contributed by atoms with van der Waals surface area (Å²) in [5.74, 6) is -1.76. The van der Waals surface area contributed by atoms with Crippen LogP contribution in [0.4, 0.5) is 11.4 Å². The summed E-state index contributed by atoms with van der Waals surface area (Å²) in [6, 6.07) is 10.9. The number of carboxylic acids is 1. The molecule has 6 N–H and O–H groups in total. The second kappa shape index (κ2) is 12.0. The normalized spacial score (nSPS) is 33.9. The number of nitrogens with one attached hydrogen (secondary N) is 1. The Labute approximate surface area is 290 Å². The minimum absolute atomic E-state index is 0.0724. The highest BCUT2D eigenvalue weighted by atomic mass is 16.4. The third kappa shape index (κ3) is 5.21. The predicted molar refractivity (Wildman–Crippen MR) is 191 cm³/mol. The van der Waals surface area contributed by atoms with Crippen LogP contribution in [0.5, 0.6) is 0 Å². The van der Waals surface area contributed by atoms with Crippen molar-refractivity contribution in [2.24, 2.45) is 27.9 Å². The van der Waals surface area contributed by atoms with Crippen LogP contribution < -0.4 is 16.8 Å². The first-order valence-electron chi connectivity index (χ1n) is 18.0. The largest absolute Gasteiger partial charge is 0.481 e.